The first-order valence-corrected chi connectivity index (χ1v) is 10.1. The van der Waals surface area contributed by atoms with Crippen LogP contribution in [-0.4, -0.2) is 31.9 Å². The summed E-state index contributed by atoms with van der Waals surface area (Å²) in [5.74, 6) is -0.150. The van der Waals surface area contributed by atoms with E-state index in [0.29, 0.717) is 12.2 Å². The summed E-state index contributed by atoms with van der Waals surface area (Å²) < 4.78 is 24.7. The van der Waals surface area contributed by atoms with Gasteiger partial charge in [-0.25, -0.2) is 8.42 Å². The molecule has 1 heterocycles. The van der Waals surface area contributed by atoms with Crippen LogP contribution in [0, 0.1) is 0 Å². The van der Waals surface area contributed by atoms with Crippen molar-refractivity contribution in [1.29, 1.82) is 0 Å². The molecule has 6 heteroatoms. The SMILES string of the molecule is Nc1cccc2c1CCCN2C(=O)CCS(=O)(=O)C1CCCC1. The van der Waals surface area contributed by atoms with Crippen LogP contribution >= 0.6 is 0 Å². The standard InChI is InChI=1S/C17H24N2O3S/c18-15-8-3-9-16-14(15)7-4-11-19(16)17(20)10-12-23(21,22)13-5-1-2-6-13/h3,8-9,13H,1-2,4-7,10-12,18H2. The van der Waals surface area contributed by atoms with Crippen LogP contribution in [0.15, 0.2) is 18.2 Å². The van der Waals surface area contributed by atoms with Gasteiger partial charge >= 0.3 is 0 Å². The second-order valence-electron chi connectivity index (χ2n) is 6.52. The van der Waals surface area contributed by atoms with Crippen LogP contribution in [0.5, 0.6) is 0 Å². The lowest BCUT2D eigenvalue weighted by Gasteiger charge is -2.30. The van der Waals surface area contributed by atoms with Crippen molar-refractivity contribution in [2.24, 2.45) is 0 Å². The van der Waals surface area contributed by atoms with Gasteiger partial charge in [0.05, 0.1) is 11.0 Å². The van der Waals surface area contributed by atoms with Crippen molar-refractivity contribution < 1.29 is 13.2 Å². The van der Waals surface area contributed by atoms with Gasteiger partial charge < -0.3 is 10.6 Å². The van der Waals surface area contributed by atoms with Gasteiger partial charge in [0.15, 0.2) is 9.84 Å². The Hall–Kier alpha value is -1.56. The molecule has 1 aromatic carbocycles. The Bertz CT molecular complexity index is 694. The van der Waals surface area contributed by atoms with Gasteiger partial charge in [-0.3, -0.25) is 4.79 Å². The summed E-state index contributed by atoms with van der Waals surface area (Å²) in [6.45, 7) is 0.638. The van der Waals surface area contributed by atoms with E-state index in [0.717, 1.165) is 49.8 Å². The van der Waals surface area contributed by atoms with E-state index in [-0.39, 0.29) is 23.3 Å². The molecule has 0 unspecified atom stereocenters. The first kappa shape index (κ1) is 16.3. The Morgan fingerprint density at radius 1 is 1.22 bits per heavy atom. The third-order valence-electron chi connectivity index (χ3n) is 5.00. The van der Waals surface area contributed by atoms with Gasteiger partial charge in [0.25, 0.3) is 0 Å². The number of sulfone groups is 1. The first-order valence-electron chi connectivity index (χ1n) is 8.38. The minimum absolute atomic E-state index is 0.0371. The van der Waals surface area contributed by atoms with Crippen molar-refractivity contribution in [3.8, 4) is 0 Å². The summed E-state index contributed by atoms with van der Waals surface area (Å²) in [6.07, 6.45) is 5.26. The number of anilines is 2. The summed E-state index contributed by atoms with van der Waals surface area (Å²) in [7, 11) is -3.15. The molecule has 3 rings (SSSR count). The lowest BCUT2D eigenvalue weighted by atomic mass is 9.99. The van der Waals surface area contributed by atoms with Crippen molar-refractivity contribution >= 4 is 27.1 Å². The third-order valence-corrected chi connectivity index (χ3v) is 7.26. The molecule has 0 spiro atoms. The number of nitrogen functional groups attached to an aromatic ring is 1. The fraction of sp³-hybridized carbons (Fsp3) is 0.588. The second kappa shape index (κ2) is 6.51. The van der Waals surface area contributed by atoms with E-state index in [1.165, 1.54) is 0 Å². The molecule has 2 aliphatic rings. The van der Waals surface area contributed by atoms with Crippen molar-refractivity contribution in [2.45, 2.75) is 50.2 Å². The molecule has 0 aromatic heterocycles. The lowest BCUT2D eigenvalue weighted by Crippen LogP contribution is -2.37. The van der Waals surface area contributed by atoms with Crippen molar-refractivity contribution in [3.63, 3.8) is 0 Å². The number of benzene rings is 1. The zero-order valence-electron chi connectivity index (χ0n) is 13.3. The molecule has 0 bridgehead atoms. The number of hydrogen-bond donors (Lipinski definition) is 1. The van der Waals surface area contributed by atoms with E-state index in [9.17, 15) is 13.2 Å². The maximum absolute atomic E-state index is 12.6. The molecule has 5 nitrogen and oxygen atoms in total. The molecule has 1 fully saturated rings. The Morgan fingerprint density at radius 2 is 1.96 bits per heavy atom. The number of hydrogen-bond acceptors (Lipinski definition) is 4. The number of nitrogens with zero attached hydrogens (tertiary/aromatic N) is 1. The van der Waals surface area contributed by atoms with Crippen LogP contribution in [0.4, 0.5) is 11.4 Å². The van der Waals surface area contributed by atoms with Crippen LogP contribution in [0.3, 0.4) is 0 Å². The highest BCUT2D eigenvalue weighted by atomic mass is 32.2. The zero-order valence-corrected chi connectivity index (χ0v) is 14.1. The minimum atomic E-state index is -3.15. The van der Waals surface area contributed by atoms with E-state index in [1.54, 1.807) is 4.90 Å². The molecule has 2 N–H and O–H groups in total. The van der Waals surface area contributed by atoms with Crippen LogP contribution in [0.25, 0.3) is 0 Å². The molecule has 1 aromatic rings. The Balaban J connectivity index is 1.69. The van der Waals surface area contributed by atoms with Crippen molar-refractivity contribution in [3.05, 3.63) is 23.8 Å². The average Bonchev–Trinajstić information content (AvgIpc) is 3.08. The maximum atomic E-state index is 12.6. The molecular formula is C17H24N2O3S. The summed E-state index contributed by atoms with van der Waals surface area (Å²) in [5, 5.41) is -0.236. The molecule has 126 valence electrons. The highest BCUT2D eigenvalue weighted by Crippen LogP contribution is 2.32. The highest BCUT2D eigenvalue weighted by Gasteiger charge is 2.30. The Labute approximate surface area is 137 Å². The predicted octanol–water partition coefficient (Wildman–Crippen LogP) is 2.30. The average molecular weight is 336 g/mol. The summed E-state index contributed by atoms with van der Waals surface area (Å²) in [4.78, 5) is 14.3. The number of fused-ring (bicyclic) bond motifs is 1. The van der Waals surface area contributed by atoms with Crippen molar-refractivity contribution in [2.75, 3.05) is 22.9 Å². The van der Waals surface area contributed by atoms with E-state index < -0.39 is 9.84 Å². The molecule has 1 aliphatic heterocycles. The molecule has 1 saturated carbocycles. The largest absolute Gasteiger partial charge is 0.398 e. The number of nitrogens with two attached hydrogens (primary N) is 1. The normalized spacial score (nSPS) is 18.9. The van der Waals surface area contributed by atoms with E-state index in [1.807, 2.05) is 18.2 Å². The minimum Gasteiger partial charge on any atom is -0.398 e. The summed E-state index contributed by atoms with van der Waals surface area (Å²) in [6, 6.07) is 5.58. The van der Waals surface area contributed by atoms with Gasteiger partial charge in [-0.15, -0.1) is 0 Å². The number of amides is 1. The van der Waals surface area contributed by atoms with Crippen LogP contribution < -0.4 is 10.6 Å². The monoisotopic (exact) mass is 336 g/mol. The van der Waals surface area contributed by atoms with Crippen LogP contribution in [0.1, 0.15) is 44.1 Å². The lowest BCUT2D eigenvalue weighted by molar-refractivity contribution is -0.118. The molecule has 0 atom stereocenters. The van der Waals surface area contributed by atoms with E-state index in [2.05, 4.69) is 0 Å². The first-order chi connectivity index (χ1) is 11.0. The summed E-state index contributed by atoms with van der Waals surface area (Å²) >= 11 is 0. The van der Waals surface area contributed by atoms with E-state index >= 15 is 0 Å². The number of rotatable bonds is 4. The van der Waals surface area contributed by atoms with Crippen molar-refractivity contribution in [1.82, 2.24) is 0 Å². The topological polar surface area (TPSA) is 80.5 Å². The zero-order chi connectivity index (χ0) is 16.4. The molecule has 23 heavy (non-hydrogen) atoms. The smallest absolute Gasteiger partial charge is 0.228 e. The van der Waals surface area contributed by atoms with Gasteiger partial charge in [0.1, 0.15) is 0 Å². The summed E-state index contributed by atoms with van der Waals surface area (Å²) in [5.41, 5.74) is 8.55. The van der Waals surface area contributed by atoms with Crippen LogP contribution in [0.2, 0.25) is 0 Å². The predicted molar refractivity (Wildman–Crippen MR) is 92.2 cm³/mol. The third kappa shape index (κ3) is 3.37. The number of carbonyl (C=O) groups is 1. The molecule has 1 aliphatic carbocycles. The Morgan fingerprint density at radius 3 is 2.70 bits per heavy atom. The van der Waals surface area contributed by atoms with Gasteiger partial charge in [0, 0.05) is 24.3 Å². The fourth-order valence-electron chi connectivity index (χ4n) is 3.69. The maximum Gasteiger partial charge on any atom is 0.228 e. The second-order valence-corrected chi connectivity index (χ2v) is 8.92. The molecule has 0 saturated heterocycles. The van der Waals surface area contributed by atoms with E-state index in [4.69, 9.17) is 5.73 Å². The number of carbonyl (C=O) groups excluding carboxylic acids is 1. The quantitative estimate of drug-likeness (QED) is 0.856. The van der Waals surface area contributed by atoms with Gasteiger partial charge in [0.2, 0.25) is 5.91 Å². The molecule has 1 amide bonds. The molecular weight excluding hydrogens is 312 g/mol. The van der Waals surface area contributed by atoms with Gasteiger partial charge in [-0.1, -0.05) is 18.9 Å². The van der Waals surface area contributed by atoms with Gasteiger partial charge in [-0.05, 0) is 43.4 Å². The Kier molecular flexibility index (Phi) is 4.62. The van der Waals surface area contributed by atoms with Crippen LogP contribution in [-0.2, 0) is 21.1 Å². The fourth-order valence-corrected chi connectivity index (χ4v) is 5.53. The van der Waals surface area contributed by atoms with Gasteiger partial charge in [-0.2, -0.15) is 0 Å². The highest BCUT2D eigenvalue weighted by molar-refractivity contribution is 7.92. The molecule has 0 radical (unpaired) electrons.